The van der Waals surface area contributed by atoms with Gasteiger partial charge in [0.15, 0.2) is 5.78 Å². The van der Waals surface area contributed by atoms with Gasteiger partial charge in [-0.2, -0.15) is 0 Å². The van der Waals surface area contributed by atoms with E-state index < -0.39 is 0 Å². The fourth-order valence-corrected chi connectivity index (χ4v) is 1.91. The fraction of sp³-hybridized carbons (Fsp3) is 0.133. The molecule has 0 bridgehead atoms. The molecule has 0 spiro atoms. The number of carbonyl (C=O) groups is 1. The highest BCUT2D eigenvalue weighted by atomic mass is 35.5. The minimum Gasteiger partial charge on any atom is -0.378 e. The first-order valence-corrected chi connectivity index (χ1v) is 6.17. The van der Waals surface area contributed by atoms with Crippen molar-refractivity contribution in [1.29, 1.82) is 0 Å². The lowest BCUT2D eigenvalue weighted by Gasteiger charge is -2.05. The number of benzene rings is 2. The average molecular weight is 260 g/mol. The molecule has 2 nitrogen and oxygen atoms in total. The Morgan fingerprint density at radius 2 is 1.83 bits per heavy atom. The van der Waals surface area contributed by atoms with Crippen molar-refractivity contribution in [3.05, 3.63) is 65.2 Å². The largest absolute Gasteiger partial charge is 0.378 e. The molecule has 1 N–H and O–H groups in total. The van der Waals surface area contributed by atoms with Crippen molar-refractivity contribution in [2.24, 2.45) is 0 Å². The maximum atomic E-state index is 11.8. The van der Waals surface area contributed by atoms with Crippen LogP contribution in [-0.2, 0) is 11.2 Å². The molecule has 0 saturated heterocycles. The molecule has 2 rings (SSSR count). The van der Waals surface area contributed by atoms with Gasteiger partial charge in [-0.3, -0.25) is 4.79 Å². The summed E-state index contributed by atoms with van der Waals surface area (Å²) in [4.78, 5) is 11.8. The molecule has 18 heavy (non-hydrogen) atoms. The Morgan fingerprint density at radius 1 is 1.06 bits per heavy atom. The number of ketones is 1. The number of anilines is 1. The zero-order valence-electron chi connectivity index (χ0n) is 9.90. The van der Waals surface area contributed by atoms with Crippen LogP contribution < -0.4 is 5.32 Å². The van der Waals surface area contributed by atoms with E-state index in [-0.39, 0.29) is 5.78 Å². The van der Waals surface area contributed by atoms with Gasteiger partial charge in [0.05, 0.1) is 6.54 Å². The molecule has 0 unspecified atom stereocenters. The Morgan fingerprint density at radius 3 is 2.56 bits per heavy atom. The molecule has 92 valence electrons. The summed E-state index contributed by atoms with van der Waals surface area (Å²) in [7, 11) is 0. The molecule has 0 heterocycles. The zero-order valence-corrected chi connectivity index (χ0v) is 10.7. The van der Waals surface area contributed by atoms with E-state index in [9.17, 15) is 4.79 Å². The second-order valence-corrected chi connectivity index (χ2v) is 4.50. The predicted octanol–water partition coefficient (Wildman–Crippen LogP) is 3.56. The lowest BCUT2D eigenvalue weighted by Crippen LogP contribution is -2.15. The van der Waals surface area contributed by atoms with E-state index in [1.165, 1.54) is 0 Å². The summed E-state index contributed by atoms with van der Waals surface area (Å²) < 4.78 is 0. The summed E-state index contributed by atoms with van der Waals surface area (Å²) in [6, 6.07) is 17.1. The standard InChI is InChI=1S/C15H14ClNO/c16-13-6-4-5-12(9-13)10-15(18)11-17-14-7-2-1-3-8-14/h1-9,17H,10-11H2. The highest BCUT2D eigenvalue weighted by molar-refractivity contribution is 6.30. The maximum Gasteiger partial charge on any atom is 0.156 e. The second-order valence-electron chi connectivity index (χ2n) is 4.06. The SMILES string of the molecule is O=C(CNc1ccccc1)Cc1cccc(Cl)c1. The first-order chi connectivity index (χ1) is 8.74. The maximum absolute atomic E-state index is 11.8. The van der Waals surface area contributed by atoms with E-state index >= 15 is 0 Å². The normalized spacial score (nSPS) is 10.1. The fourth-order valence-electron chi connectivity index (χ4n) is 1.69. The Hall–Kier alpha value is -1.80. The van der Waals surface area contributed by atoms with Gasteiger partial charge in [-0.1, -0.05) is 41.9 Å². The highest BCUT2D eigenvalue weighted by Gasteiger charge is 2.04. The molecule has 0 atom stereocenters. The lowest BCUT2D eigenvalue weighted by atomic mass is 10.1. The van der Waals surface area contributed by atoms with Crippen LogP contribution >= 0.6 is 11.6 Å². The van der Waals surface area contributed by atoms with Gasteiger partial charge in [0.2, 0.25) is 0 Å². The molecule has 0 saturated carbocycles. The second kappa shape index (κ2) is 6.22. The first kappa shape index (κ1) is 12.7. The molecule has 2 aromatic rings. The molecule has 2 aromatic carbocycles. The number of halogens is 1. The number of carbonyl (C=O) groups excluding carboxylic acids is 1. The number of hydrogen-bond acceptors (Lipinski definition) is 2. The summed E-state index contributed by atoms with van der Waals surface area (Å²) in [5.74, 6) is 0.140. The van der Waals surface area contributed by atoms with Crippen LogP contribution in [0, 0.1) is 0 Å². The van der Waals surface area contributed by atoms with E-state index in [1.807, 2.05) is 48.5 Å². The number of hydrogen-bond donors (Lipinski definition) is 1. The summed E-state index contributed by atoms with van der Waals surface area (Å²) in [6.45, 7) is 0.330. The van der Waals surface area contributed by atoms with Crippen molar-refractivity contribution in [2.45, 2.75) is 6.42 Å². The average Bonchev–Trinajstić information content (AvgIpc) is 2.38. The quantitative estimate of drug-likeness (QED) is 0.890. The third-order valence-electron chi connectivity index (χ3n) is 2.55. The van der Waals surface area contributed by atoms with Gasteiger partial charge in [0.1, 0.15) is 0 Å². The van der Waals surface area contributed by atoms with E-state index in [0.717, 1.165) is 11.3 Å². The minimum absolute atomic E-state index is 0.140. The Labute approximate surface area is 112 Å². The van der Waals surface area contributed by atoms with Crippen molar-refractivity contribution in [3.63, 3.8) is 0 Å². The predicted molar refractivity (Wildman–Crippen MR) is 75.1 cm³/mol. The Bertz CT molecular complexity index is 525. The van der Waals surface area contributed by atoms with Gasteiger partial charge >= 0.3 is 0 Å². The topological polar surface area (TPSA) is 29.1 Å². The van der Waals surface area contributed by atoms with Gasteiger partial charge in [-0.15, -0.1) is 0 Å². The van der Waals surface area contributed by atoms with Crippen LogP contribution in [0.1, 0.15) is 5.56 Å². The summed E-state index contributed by atoms with van der Waals surface area (Å²) in [5, 5.41) is 3.76. The van der Waals surface area contributed by atoms with Gasteiger partial charge in [-0.05, 0) is 29.8 Å². The van der Waals surface area contributed by atoms with Crippen LogP contribution in [0.3, 0.4) is 0 Å². The molecular formula is C15H14ClNO. The molecule has 3 heteroatoms. The third-order valence-corrected chi connectivity index (χ3v) is 2.79. The van der Waals surface area contributed by atoms with E-state index in [2.05, 4.69) is 5.32 Å². The molecular weight excluding hydrogens is 246 g/mol. The lowest BCUT2D eigenvalue weighted by molar-refractivity contribution is -0.116. The molecule has 0 aliphatic carbocycles. The van der Waals surface area contributed by atoms with E-state index in [4.69, 9.17) is 11.6 Å². The van der Waals surface area contributed by atoms with Crippen LogP contribution in [0.5, 0.6) is 0 Å². The zero-order chi connectivity index (χ0) is 12.8. The van der Waals surface area contributed by atoms with Crippen LogP contribution in [0.2, 0.25) is 5.02 Å². The van der Waals surface area contributed by atoms with Crippen molar-refractivity contribution in [1.82, 2.24) is 0 Å². The molecule has 0 aliphatic heterocycles. The smallest absolute Gasteiger partial charge is 0.156 e. The van der Waals surface area contributed by atoms with Gasteiger partial charge < -0.3 is 5.32 Å². The van der Waals surface area contributed by atoms with Crippen LogP contribution in [0.4, 0.5) is 5.69 Å². The van der Waals surface area contributed by atoms with E-state index in [0.29, 0.717) is 18.0 Å². The van der Waals surface area contributed by atoms with Crippen molar-refractivity contribution in [2.75, 3.05) is 11.9 Å². The molecule has 0 fully saturated rings. The molecule has 0 aromatic heterocycles. The van der Waals surface area contributed by atoms with Crippen molar-refractivity contribution in [3.8, 4) is 0 Å². The monoisotopic (exact) mass is 259 g/mol. The van der Waals surface area contributed by atoms with Crippen molar-refractivity contribution < 1.29 is 4.79 Å². The molecule has 0 aliphatic rings. The molecule has 0 amide bonds. The van der Waals surface area contributed by atoms with Gasteiger partial charge in [-0.25, -0.2) is 0 Å². The van der Waals surface area contributed by atoms with Gasteiger partial charge in [0, 0.05) is 17.1 Å². The Balaban J connectivity index is 1.86. The summed E-state index contributed by atoms with van der Waals surface area (Å²) >= 11 is 5.87. The number of Topliss-reactive ketones (excluding diaryl/α,β-unsaturated/α-hetero) is 1. The molecule has 0 radical (unpaired) electrons. The van der Waals surface area contributed by atoms with Crippen LogP contribution in [-0.4, -0.2) is 12.3 Å². The summed E-state index contributed by atoms with van der Waals surface area (Å²) in [5.41, 5.74) is 1.90. The van der Waals surface area contributed by atoms with Gasteiger partial charge in [0.25, 0.3) is 0 Å². The van der Waals surface area contributed by atoms with Crippen LogP contribution in [0.15, 0.2) is 54.6 Å². The third kappa shape index (κ3) is 3.90. The van der Waals surface area contributed by atoms with E-state index in [1.54, 1.807) is 6.07 Å². The highest BCUT2D eigenvalue weighted by Crippen LogP contribution is 2.11. The number of nitrogens with one attached hydrogen (secondary N) is 1. The Kier molecular flexibility index (Phi) is 4.37. The number of para-hydroxylation sites is 1. The van der Waals surface area contributed by atoms with Crippen LogP contribution in [0.25, 0.3) is 0 Å². The number of rotatable bonds is 5. The minimum atomic E-state index is 0.140. The first-order valence-electron chi connectivity index (χ1n) is 5.79. The summed E-state index contributed by atoms with van der Waals surface area (Å²) in [6.07, 6.45) is 0.403. The van der Waals surface area contributed by atoms with Crippen molar-refractivity contribution >= 4 is 23.1 Å².